The van der Waals surface area contributed by atoms with Crippen LogP contribution in [0.2, 0.25) is 0 Å². The molecule has 2 unspecified atom stereocenters. The summed E-state index contributed by atoms with van der Waals surface area (Å²) in [5, 5.41) is 24.6. The lowest BCUT2D eigenvalue weighted by Gasteiger charge is -2.23. The predicted octanol–water partition coefficient (Wildman–Crippen LogP) is 28.9. The average molecular weight is 1560 g/mol. The van der Waals surface area contributed by atoms with E-state index in [9.17, 15) is 0 Å². The molecule has 0 saturated heterocycles. The van der Waals surface area contributed by atoms with Crippen molar-refractivity contribution >= 4 is 65.8 Å². The summed E-state index contributed by atoms with van der Waals surface area (Å²) < 4.78 is 0. The summed E-state index contributed by atoms with van der Waals surface area (Å²) in [6.45, 7) is 3.54. The first kappa shape index (κ1) is 77.9. The van der Waals surface area contributed by atoms with Crippen LogP contribution in [-0.2, 0) is 13.1 Å². The normalized spacial score (nSPS) is 11.3. The first-order valence-corrected chi connectivity index (χ1v) is 41.2. The number of pyridine rings is 4. The van der Waals surface area contributed by atoms with Crippen LogP contribution in [0.25, 0.3) is 110 Å². The quantitative estimate of drug-likeness (QED) is 0.0599. The zero-order valence-corrected chi connectivity index (χ0v) is 67.3. The van der Waals surface area contributed by atoms with Gasteiger partial charge in [0.15, 0.2) is 0 Å². The number of anilines is 4. The lowest BCUT2D eigenvalue weighted by molar-refractivity contribution is 0.889. The Morgan fingerprint density at radius 3 is 1.07 bits per heavy atom. The maximum atomic E-state index is 5.21. The minimum atomic E-state index is -0.0874. The number of aryl methyl sites for hydroxylation is 1. The first-order chi connectivity index (χ1) is 59.9. The van der Waals surface area contributed by atoms with Crippen LogP contribution in [0.5, 0.6) is 0 Å². The summed E-state index contributed by atoms with van der Waals surface area (Å²) in [6, 6.07) is 162. The largest absolute Gasteiger partial charge is 0.379 e. The van der Waals surface area contributed by atoms with Gasteiger partial charge in [-0.3, -0.25) is 19.9 Å². The second-order valence-electron chi connectivity index (χ2n) is 29.7. The van der Waals surface area contributed by atoms with Gasteiger partial charge in [-0.1, -0.05) is 400 Å². The Kier molecular flexibility index (Phi) is 24.7. The summed E-state index contributed by atoms with van der Waals surface area (Å²) in [5.74, 6) is 0. The van der Waals surface area contributed by atoms with Gasteiger partial charge in [-0.25, -0.2) is 0 Å². The number of nitrogens with one attached hydrogen (secondary N) is 4. The van der Waals surface area contributed by atoms with E-state index in [0.29, 0.717) is 13.1 Å². The van der Waals surface area contributed by atoms with Crippen molar-refractivity contribution in [3.8, 4) is 67.3 Å². The maximum Gasteiger partial charge on any atom is 0.0940 e. The van der Waals surface area contributed by atoms with Gasteiger partial charge in [0.1, 0.15) is 0 Å². The Morgan fingerprint density at radius 2 is 0.537 bits per heavy atom. The fourth-order valence-electron chi connectivity index (χ4n) is 15.7. The summed E-state index contributed by atoms with van der Waals surface area (Å²) in [6.07, 6.45) is 0. The first-order valence-electron chi connectivity index (χ1n) is 41.2. The third-order valence-electron chi connectivity index (χ3n) is 21.7. The topological polar surface area (TPSA) is 99.7 Å². The number of hydrogen-bond donors (Lipinski definition) is 4. The van der Waals surface area contributed by atoms with Gasteiger partial charge >= 0.3 is 0 Å². The van der Waals surface area contributed by atoms with Crippen molar-refractivity contribution in [3.05, 3.63) is 507 Å². The van der Waals surface area contributed by atoms with Crippen LogP contribution in [0.4, 0.5) is 22.7 Å². The molecule has 4 aromatic heterocycles. The van der Waals surface area contributed by atoms with E-state index >= 15 is 0 Å². The Labute approximate surface area is 708 Å². The monoisotopic (exact) mass is 1560 g/mol. The van der Waals surface area contributed by atoms with Gasteiger partial charge in [0.05, 0.1) is 70.7 Å². The smallest absolute Gasteiger partial charge is 0.0940 e. The van der Waals surface area contributed by atoms with E-state index in [2.05, 4.69) is 441 Å². The molecule has 16 aromatic carbocycles. The van der Waals surface area contributed by atoms with Crippen LogP contribution in [0, 0.1) is 6.92 Å². The molecule has 8 heteroatoms. The van der Waals surface area contributed by atoms with Crippen molar-refractivity contribution in [2.75, 3.05) is 21.3 Å². The van der Waals surface area contributed by atoms with Crippen molar-refractivity contribution in [1.82, 2.24) is 19.9 Å². The fourth-order valence-corrected chi connectivity index (χ4v) is 15.7. The molecule has 121 heavy (non-hydrogen) atoms. The second-order valence-corrected chi connectivity index (χ2v) is 29.7. The number of para-hydroxylation sites is 2. The highest BCUT2D eigenvalue weighted by Gasteiger charge is 2.22. The molecule has 582 valence electrons. The van der Waals surface area contributed by atoms with E-state index in [4.69, 9.17) is 19.9 Å². The minimum absolute atomic E-state index is 0.0790. The molecule has 0 aliphatic heterocycles. The van der Waals surface area contributed by atoms with Crippen molar-refractivity contribution in [2.24, 2.45) is 0 Å². The summed E-state index contributed by atoms with van der Waals surface area (Å²) in [4.78, 5) is 20.0. The molecular formula is C113H90N8. The Morgan fingerprint density at radius 1 is 0.215 bits per heavy atom. The van der Waals surface area contributed by atoms with Crippen LogP contribution >= 0.6 is 0 Å². The maximum absolute atomic E-state index is 5.21. The SMILES string of the molecule is Cc1ccc2ccccc2c1NC(c1ccccc1)c1cccc(-c2cccc3ccccc23)n1.c1cc(CNc2cccc3ccccc23)nc(-c2cccc3ccccc23)c1.c1ccc(-c2cccc(C(Nc3ccccc3-c3ccccc3)c3ccccc3)n2)cc1.c1ccc(-c2cccc(CNc3ccccc3-c3ccccc3)n2)cc1. The van der Waals surface area contributed by atoms with E-state index < -0.39 is 0 Å². The molecule has 4 heterocycles. The second kappa shape index (κ2) is 38.4. The van der Waals surface area contributed by atoms with Crippen LogP contribution in [0.3, 0.4) is 0 Å². The molecule has 0 aliphatic rings. The molecule has 4 N–H and O–H groups in total. The van der Waals surface area contributed by atoms with E-state index in [1.807, 2.05) is 54.6 Å². The number of benzene rings is 16. The van der Waals surface area contributed by atoms with Gasteiger partial charge in [-0.05, 0) is 134 Å². The highest BCUT2D eigenvalue weighted by molar-refractivity contribution is 5.99. The van der Waals surface area contributed by atoms with Gasteiger partial charge in [-0.2, -0.15) is 0 Å². The Bertz CT molecular complexity index is 6790. The van der Waals surface area contributed by atoms with Gasteiger partial charge < -0.3 is 21.3 Å². The fraction of sp³-hybridized carbons (Fsp3) is 0.0442. The van der Waals surface area contributed by atoms with Crippen LogP contribution in [0.1, 0.15) is 51.5 Å². The van der Waals surface area contributed by atoms with Crippen LogP contribution in [0.15, 0.2) is 467 Å². The van der Waals surface area contributed by atoms with Crippen molar-refractivity contribution in [1.29, 1.82) is 0 Å². The molecule has 0 spiro atoms. The molecule has 0 bridgehead atoms. The van der Waals surface area contributed by atoms with E-state index in [1.165, 1.54) is 87.6 Å². The highest BCUT2D eigenvalue weighted by Crippen LogP contribution is 2.39. The van der Waals surface area contributed by atoms with Gasteiger partial charge in [0.2, 0.25) is 0 Å². The molecule has 20 aromatic rings. The molecule has 0 radical (unpaired) electrons. The van der Waals surface area contributed by atoms with Crippen molar-refractivity contribution in [2.45, 2.75) is 32.1 Å². The molecule has 8 nitrogen and oxygen atoms in total. The number of aromatic nitrogens is 4. The van der Waals surface area contributed by atoms with Crippen LogP contribution in [-0.4, -0.2) is 19.9 Å². The Balaban J connectivity index is 0.000000116. The zero-order valence-electron chi connectivity index (χ0n) is 67.3. The number of fused-ring (bicyclic) bond motifs is 4. The van der Waals surface area contributed by atoms with Gasteiger partial charge in [0.25, 0.3) is 0 Å². The lowest BCUT2D eigenvalue weighted by Crippen LogP contribution is -2.15. The number of nitrogens with zero attached hydrogens (tertiary/aromatic N) is 4. The zero-order chi connectivity index (χ0) is 81.6. The molecular weight excluding hydrogens is 1470 g/mol. The molecule has 0 aliphatic carbocycles. The molecule has 0 fully saturated rings. The molecule has 0 amide bonds. The average Bonchev–Trinajstić information content (AvgIpc) is 0.780. The van der Waals surface area contributed by atoms with E-state index in [1.54, 1.807) is 0 Å². The minimum Gasteiger partial charge on any atom is -0.379 e. The predicted molar refractivity (Wildman–Crippen MR) is 509 cm³/mol. The van der Waals surface area contributed by atoms with Crippen molar-refractivity contribution < 1.29 is 0 Å². The third-order valence-corrected chi connectivity index (χ3v) is 21.7. The highest BCUT2D eigenvalue weighted by atomic mass is 15.0. The summed E-state index contributed by atoms with van der Waals surface area (Å²) in [7, 11) is 0. The number of rotatable bonds is 20. The Hall–Kier alpha value is -15.6. The molecule has 20 rings (SSSR count). The van der Waals surface area contributed by atoms with Crippen molar-refractivity contribution in [3.63, 3.8) is 0 Å². The molecule has 2 atom stereocenters. The summed E-state index contributed by atoms with van der Waals surface area (Å²) >= 11 is 0. The van der Waals surface area contributed by atoms with Crippen LogP contribution < -0.4 is 21.3 Å². The van der Waals surface area contributed by atoms with Gasteiger partial charge in [-0.15, -0.1) is 0 Å². The molecule has 0 saturated carbocycles. The van der Waals surface area contributed by atoms with E-state index in [0.717, 1.165) is 85.0 Å². The number of hydrogen-bond acceptors (Lipinski definition) is 8. The standard InChI is InChI=1S/C33H26N2.C30H24N2.C26H20N2.C24H20N2/c1-23-21-22-25-12-6-8-17-28(25)32(23)35-33(26-13-3-2-4-14-26)31-20-10-19-30(34-31)29-18-9-15-24-11-5-7-16-27(24)29;1-4-13-23(14-5-1)26-19-10-11-20-28(26)32-30(25-17-8-3-9-18-25)29-22-12-21-27(31-29)24-15-6-2-7-16-24;1-3-13-22-19(8-1)10-5-15-24(22)26-17-7-12-21(28-26)18-27-25-16-6-11-20-9-2-4-14-23(20)25;1-3-10-19(11-4-1)22-15-7-8-16-24(22)25-18-21-14-9-17-23(26-21)20-12-5-2-6-13-20/h2-22,33,35H,1H3;1-22,30,32H;1-17,27H,18H2;1-17,25H,18H2. The third kappa shape index (κ3) is 19.1. The van der Waals surface area contributed by atoms with E-state index in [-0.39, 0.29) is 12.1 Å². The summed E-state index contributed by atoms with van der Waals surface area (Å²) in [5.41, 5.74) is 25.4. The van der Waals surface area contributed by atoms with Gasteiger partial charge in [0, 0.05) is 66.9 Å². The lowest BCUT2D eigenvalue weighted by atomic mass is 9.98.